The van der Waals surface area contributed by atoms with Gasteiger partial charge >= 0.3 is 0 Å². The van der Waals surface area contributed by atoms with E-state index in [-0.39, 0.29) is 22.7 Å². The Balaban J connectivity index is 1.53. The first kappa shape index (κ1) is 18.1. The van der Waals surface area contributed by atoms with E-state index in [2.05, 4.69) is 44.2 Å². The standard InChI is InChI=1S/C24H18N6/c25-13-21-22(14-26)30-24-23(29-21)27-19-11-10-18(12-20(19)28-24)17-8-6-16(7-9-17)15-4-2-1-3-5-15/h6-12,15H,1-5H2. The summed E-state index contributed by atoms with van der Waals surface area (Å²) in [5, 5.41) is 18.3. The van der Waals surface area contributed by atoms with Crippen LogP contribution in [0, 0.1) is 22.7 Å². The molecule has 0 saturated heterocycles. The summed E-state index contributed by atoms with van der Waals surface area (Å²) in [7, 11) is 0. The maximum Gasteiger partial charge on any atom is 0.199 e. The maximum atomic E-state index is 9.18. The van der Waals surface area contributed by atoms with Crippen molar-refractivity contribution in [2.75, 3.05) is 0 Å². The van der Waals surface area contributed by atoms with E-state index in [4.69, 9.17) is 5.26 Å². The summed E-state index contributed by atoms with van der Waals surface area (Å²) in [6, 6.07) is 18.5. The molecule has 0 radical (unpaired) electrons. The summed E-state index contributed by atoms with van der Waals surface area (Å²) in [4.78, 5) is 17.3. The van der Waals surface area contributed by atoms with Gasteiger partial charge in [-0.05, 0) is 47.6 Å². The van der Waals surface area contributed by atoms with Crippen LogP contribution in [0.4, 0.5) is 0 Å². The fourth-order valence-corrected chi connectivity index (χ4v) is 4.22. The van der Waals surface area contributed by atoms with Crippen molar-refractivity contribution in [3.8, 4) is 23.3 Å². The number of fused-ring (bicyclic) bond motifs is 2. The van der Waals surface area contributed by atoms with Gasteiger partial charge in [-0.25, -0.2) is 19.9 Å². The normalized spacial score (nSPS) is 14.5. The van der Waals surface area contributed by atoms with Crippen LogP contribution in [-0.2, 0) is 0 Å². The first-order valence-corrected chi connectivity index (χ1v) is 10.2. The Morgan fingerprint density at radius 2 is 1.27 bits per heavy atom. The lowest BCUT2D eigenvalue weighted by Crippen LogP contribution is -2.04. The van der Waals surface area contributed by atoms with Gasteiger partial charge in [0.25, 0.3) is 0 Å². The van der Waals surface area contributed by atoms with Crippen molar-refractivity contribution < 1.29 is 0 Å². The largest absolute Gasteiger partial charge is 0.224 e. The van der Waals surface area contributed by atoms with Crippen LogP contribution in [0.15, 0.2) is 42.5 Å². The molecule has 2 aromatic carbocycles. The topological polar surface area (TPSA) is 99.1 Å². The molecule has 6 heteroatoms. The van der Waals surface area contributed by atoms with Crippen molar-refractivity contribution >= 4 is 22.3 Å². The van der Waals surface area contributed by atoms with Gasteiger partial charge in [0.2, 0.25) is 0 Å². The second kappa shape index (κ2) is 7.50. The minimum absolute atomic E-state index is 0.0340. The quantitative estimate of drug-likeness (QED) is 0.445. The molecule has 1 fully saturated rings. The van der Waals surface area contributed by atoms with Gasteiger partial charge in [-0.3, -0.25) is 0 Å². The molecular formula is C24H18N6. The minimum Gasteiger partial charge on any atom is -0.224 e. The molecule has 0 atom stereocenters. The molecule has 0 bridgehead atoms. The van der Waals surface area contributed by atoms with Crippen molar-refractivity contribution in [3.05, 3.63) is 59.4 Å². The van der Waals surface area contributed by atoms with Gasteiger partial charge in [-0.1, -0.05) is 49.6 Å². The van der Waals surface area contributed by atoms with Crippen molar-refractivity contribution in [1.29, 1.82) is 10.5 Å². The molecule has 0 amide bonds. The van der Waals surface area contributed by atoms with E-state index >= 15 is 0 Å². The van der Waals surface area contributed by atoms with Gasteiger partial charge in [0.05, 0.1) is 11.0 Å². The van der Waals surface area contributed by atoms with E-state index in [9.17, 15) is 5.26 Å². The molecule has 1 aliphatic rings. The fourth-order valence-electron chi connectivity index (χ4n) is 4.22. The number of nitriles is 2. The third kappa shape index (κ3) is 3.23. The number of hydrogen-bond donors (Lipinski definition) is 0. The molecule has 1 saturated carbocycles. The van der Waals surface area contributed by atoms with Crippen LogP contribution < -0.4 is 0 Å². The highest BCUT2D eigenvalue weighted by atomic mass is 15.0. The Morgan fingerprint density at radius 3 is 1.90 bits per heavy atom. The molecule has 144 valence electrons. The van der Waals surface area contributed by atoms with Crippen LogP contribution >= 0.6 is 0 Å². The van der Waals surface area contributed by atoms with Crippen molar-refractivity contribution in [3.63, 3.8) is 0 Å². The Bertz CT molecular complexity index is 1340. The number of nitrogens with zero attached hydrogens (tertiary/aromatic N) is 6. The summed E-state index contributed by atoms with van der Waals surface area (Å²) in [5.41, 5.74) is 5.42. The summed E-state index contributed by atoms with van der Waals surface area (Å²) in [6.45, 7) is 0. The molecule has 5 rings (SSSR count). The van der Waals surface area contributed by atoms with Gasteiger partial charge in [0, 0.05) is 0 Å². The van der Waals surface area contributed by atoms with E-state index in [1.165, 1.54) is 37.7 Å². The molecule has 6 nitrogen and oxygen atoms in total. The first-order chi connectivity index (χ1) is 14.7. The van der Waals surface area contributed by atoms with E-state index in [0.717, 1.165) is 11.1 Å². The number of benzene rings is 2. The highest BCUT2D eigenvalue weighted by Crippen LogP contribution is 2.34. The van der Waals surface area contributed by atoms with E-state index < -0.39 is 0 Å². The highest BCUT2D eigenvalue weighted by Gasteiger charge is 2.16. The molecule has 0 unspecified atom stereocenters. The van der Waals surface area contributed by atoms with Gasteiger partial charge < -0.3 is 0 Å². The van der Waals surface area contributed by atoms with Gasteiger partial charge in [-0.2, -0.15) is 10.5 Å². The zero-order chi connectivity index (χ0) is 20.5. The summed E-state index contributed by atoms with van der Waals surface area (Å²) >= 11 is 0. The predicted octanol–water partition coefficient (Wildman–Crippen LogP) is 5.03. The smallest absolute Gasteiger partial charge is 0.199 e. The number of aromatic nitrogens is 4. The van der Waals surface area contributed by atoms with E-state index in [1.807, 2.05) is 30.3 Å². The zero-order valence-corrected chi connectivity index (χ0v) is 16.3. The maximum absolute atomic E-state index is 9.18. The second-order valence-corrected chi connectivity index (χ2v) is 7.68. The van der Waals surface area contributed by atoms with Crippen LogP contribution in [0.5, 0.6) is 0 Å². The van der Waals surface area contributed by atoms with Crippen LogP contribution in [0.1, 0.15) is 55.0 Å². The summed E-state index contributed by atoms with van der Waals surface area (Å²) in [5.74, 6) is 0.688. The van der Waals surface area contributed by atoms with Gasteiger partial charge in [-0.15, -0.1) is 0 Å². The monoisotopic (exact) mass is 390 g/mol. The first-order valence-electron chi connectivity index (χ1n) is 10.2. The third-order valence-corrected chi connectivity index (χ3v) is 5.82. The lowest BCUT2D eigenvalue weighted by atomic mass is 9.84. The van der Waals surface area contributed by atoms with Crippen molar-refractivity contribution in [2.24, 2.45) is 0 Å². The number of rotatable bonds is 2. The number of hydrogen-bond acceptors (Lipinski definition) is 6. The molecular weight excluding hydrogens is 372 g/mol. The Labute approximate surface area is 173 Å². The average Bonchev–Trinajstić information content (AvgIpc) is 2.82. The van der Waals surface area contributed by atoms with Gasteiger partial charge in [0.15, 0.2) is 22.7 Å². The minimum atomic E-state index is -0.0342. The molecule has 2 heterocycles. The lowest BCUT2D eigenvalue weighted by Gasteiger charge is -2.22. The van der Waals surface area contributed by atoms with Crippen LogP contribution in [0.3, 0.4) is 0 Å². The van der Waals surface area contributed by atoms with E-state index in [0.29, 0.717) is 17.0 Å². The second-order valence-electron chi connectivity index (χ2n) is 7.68. The molecule has 30 heavy (non-hydrogen) atoms. The van der Waals surface area contributed by atoms with Crippen molar-refractivity contribution in [2.45, 2.75) is 38.0 Å². The fraction of sp³-hybridized carbons (Fsp3) is 0.250. The van der Waals surface area contributed by atoms with Crippen LogP contribution in [0.25, 0.3) is 33.5 Å². The lowest BCUT2D eigenvalue weighted by molar-refractivity contribution is 0.443. The zero-order valence-electron chi connectivity index (χ0n) is 16.3. The summed E-state index contributed by atoms with van der Waals surface area (Å²) in [6.07, 6.45) is 6.60. The molecule has 0 N–H and O–H groups in total. The Morgan fingerprint density at radius 1 is 0.667 bits per heavy atom. The van der Waals surface area contributed by atoms with Crippen LogP contribution in [-0.4, -0.2) is 19.9 Å². The molecule has 0 aliphatic heterocycles. The van der Waals surface area contributed by atoms with Crippen molar-refractivity contribution in [1.82, 2.24) is 19.9 Å². The molecule has 4 aromatic rings. The Kier molecular flexibility index (Phi) is 4.53. The SMILES string of the molecule is N#Cc1nc2nc3ccc(-c4ccc(C5CCCCC5)cc4)cc3nc2nc1C#N. The molecule has 2 aromatic heterocycles. The summed E-state index contributed by atoms with van der Waals surface area (Å²) < 4.78 is 0. The molecule has 1 aliphatic carbocycles. The van der Waals surface area contributed by atoms with E-state index in [1.54, 1.807) is 0 Å². The van der Waals surface area contributed by atoms with Crippen LogP contribution in [0.2, 0.25) is 0 Å². The average molecular weight is 390 g/mol. The van der Waals surface area contributed by atoms with Gasteiger partial charge in [0.1, 0.15) is 12.1 Å². The predicted molar refractivity (Wildman–Crippen MR) is 113 cm³/mol. The Hall–Kier alpha value is -3.90. The highest BCUT2D eigenvalue weighted by molar-refractivity contribution is 5.86. The molecule has 0 spiro atoms. The third-order valence-electron chi connectivity index (χ3n) is 5.82.